The molecular formula is C18H14FNO. The highest BCUT2D eigenvalue weighted by atomic mass is 19.1. The molecule has 104 valence electrons. The minimum absolute atomic E-state index is 0.246. The molecule has 0 radical (unpaired) electrons. The van der Waals surface area contributed by atoms with Gasteiger partial charge in [-0.25, -0.2) is 4.39 Å². The summed E-state index contributed by atoms with van der Waals surface area (Å²) in [6, 6.07) is 18.7. The van der Waals surface area contributed by atoms with Gasteiger partial charge in [0.2, 0.25) is 0 Å². The standard InChI is InChI=1S/C18H14FNO/c1-21-18-8-7-14(11-16(18)19)15-9-10-20-17(12-15)13-5-3-2-4-6-13/h2-12H,1H3. The fraction of sp³-hybridized carbons (Fsp3) is 0.0556. The first-order valence-corrected chi connectivity index (χ1v) is 6.63. The molecule has 0 spiro atoms. The van der Waals surface area contributed by atoms with Gasteiger partial charge in [-0.1, -0.05) is 36.4 Å². The van der Waals surface area contributed by atoms with Crippen LogP contribution in [0, 0.1) is 5.82 Å². The van der Waals surface area contributed by atoms with Crippen LogP contribution in [0.3, 0.4) is 0 Å². The van der Waals surface area contributed by atoms with E-state index in [4.69, 9.17) is 4.74 Å². The van der Waals surface area contributed by atoms with Gasteiger partial charge >= 0.3 is 0 Å². The Kier molecular flexibility index (Phi) is 3.65. The summed E-state index contributed by atoms with van der Waals surface area (Å²) in [6.45, 7) is 0. The molecule has 2 nitrogen and oxygen atoms in total. The number of methoxy groups -OCH3 is 1. The summed E-state index contributed by atoms with van der Waals surface area (Å²) in [5.41, 5.74) is 3.62. The van der Waals surface area contributed by atoms with Gasteiger partial charge in [0.05, 0.1) is 12.8 Å². The molecule has 0 aliphatic rings. The van der Waals surface area contributed by atoms with Gasteiger partial charge in [0, 0.05) is 11.8 Å². The highest BCUT2D eigenvalue weighted by molar-refractivity contribution is 5.70. The first-order valence-electron chi connectivity index (χ1n) is 6.63. The summed E-state index contributed by atoms with van der Waals surface area (Å²) >= 11 is 0. The fourth-order valence-corrected chi connectivity index (χ4v) is 2.22. The molecule has 1 aromatic heterocycles. The lowest BCUT2D eigenvalue weighted by atomic mass is 10.0. The van der Waals surface area contributed by atoms with E-state index in [0.29, 0.717) is 0 Å². The number of halogens is 1. The maximum absolute atomic E-state index is 13.8. The summed E-state index contributed by atoms with van der Waals surface area (Å²) in [5.74, 6) is -0.121. The van der Waals surface area contributed by atoms with Crippen molar-refractivity contribution < 1.29 is 9.13 Å². The van der Waals surface area contributed by atoms with Gasteiger partial charge in [-0.2, -0.15) is 0 Å². The van der Waals surface area contributed by atoms with E-state index in [1.807, 2.05) is 48.5 Å². The van der Waals surface area contributed by atoms with Crippen LogP contribution in [0.2, 0.25) is 0 Å². The molecule has 3 aromatic rings. The molecule has 0 N–H and O–H groups in total. The van der Waals surface area contributed by atoms with Crippen molar-refractivity contribution in [2.24, 2.45) is 0 Å². The second-order valence-electron chi connectivity index (χ2n) is 4.65. The molecule has 0 bridgehead atoms. The third-order valence-electron chi connectivity index (χ3n) is 3.31. The van der Waals surface area contributed by atoms with E-state index in [0.717, 1.165) is 22.4 Å². The summed E-state index contributed by atoms with van der Waals surface area (Å²) in [6.07, 6.45) is 1.74. The van der Waals surface area contributed by atoms with Crippen LogP contribution in [-0.2, 0) is 0 Å². The number of nitrogens with zero attached hydrogens (tertiary/aromatic N) is 1. The summed E-state index contributed by atoms with van der Waals surface area (Å²) < 4.78 is 18.8. The molecule has 3 heteroatoms. The van der Waals surface area contributed by atoms with Crippen molar-refractivity contribution >= 4 is 0 Å². The van der Waals surface area contributed by atoms with Crippen LogP contribution in [0.4, 0.5) is 4.39 Å². The molecule has 0 unspecified atom stereocenters. The number of ether oxygens (including phenoxy) is 1. The molecule has 0 amide bonds. The second-order valence-corrected chi connectivity index (χ2v) is 4.65. The minimum atomic E-state index is -0.368. The van der Waals surface area contributed by atoms with E-state index in [-0.39, 0.29) is 11.6 Å². The average molecular weight is 279 g/mol. The maximum Gasteiger partial charge on any atom is 0.165 e. The zero-order chi connectivity index (χ0) is 14.7. The number of aromatic nitrogens is 1. The Morgan fingerprint density at radius 2 is 1.62 bits per heavy atom. The molecule has 0 atom stereocenters. The van der Waals surface area contributed by atoms with Crippen molar-refractivity contribution in [3.05, 3.63) is 72.7 Å². The molecule has 0 fully saturated rings. The zero-order valence-electron chi connectivity index (χ0n) is 11.6. The third-order valence-corrected chi connectivity index (χ3v) is 3.31. The monoisotopic (exact) mass is 279 g/mol. The molecule has 0 saturated carbocycles. The number of benzene rings is 2. The van der Waals surface area contributed by atoms with E-state index >= 15 is 0 Å². The van der Waals surface area contributed by atoms with Gasteiger partial charge in [0.1, 0.15) is 0 Å². The first-order chi connectivity index (χ1) is 10.3. The SMILES string of the molecule is COc1ccc(-c2ccnc(-c3ccccc3)c2)cc1F. The van der Waals surface area contributed by atoms with Gasteiger partial charge in [0.25, 0.3) is 0 Å². The number of hydrogen-bond acceptors (Lipinski definition) is 2. The van der Waals surface area contributed by atoms with E-state index in [2.05, 4.69) is 4.98 Å². The largest absolute Gasteiger partial charge is 0.494 e. The molecule has 21 heavy (non-hydrogen) atoms. The number of pyridine rings is 1. The van der Waals surface area contributed by atoms with Gasteiger partial charge in [-0.15, -0.1) is 0 Å². The number of rotatable bonds is 3. The highest BCUT2D eigenvalue weighted by Gasteiger charge is 2.07. The predicted octanol–water partition coefficient (Wildman–Crippen LogP) is 4.56. The molecule has 1 heterocycles. The lowest BCUT2D eigenvalue weighted by molar-refractivity contribution is 0.386. The molecular weight excluding hydrogens is 265 g/mol. The van der Waals surface area contributed by atoms with Crippen LogP contribution in [0.25, 0.3) is 22.4 Å². The smallest absolute Gasteiger partial charge is 0.165 e. The molecule has 0 saturated heterocycles. The van der Waals surface area contributed by atoms with Crippen molar-refractivity contribution in [1.82, 2.24) is 4.98 Å². The Morgan fingerprint density at radius 1 is 0.857 bits per heavy atom. The zero-order valence-corrected chi connectivity index (χ0v) is 11.6. The van der Waals surface area contributed by atoms with Crippen molar-refractivity contribution in [2.45, 2.75) is 0 Å². The van der Waals surface area contributed by atoms with Crippen molar-refractivity contribution in [2.75, 3.05) is 7.11 Å². The van der Waals surface area contributed by atoms with Crippen LogP contribution in [0.1, 0.15) is 0 Å². The maximum atomic E-state index is 13.8. The Labute approximate surface area is 122 Å². The van der Waals surface area contributed by atoms with Gasteiger partial charge in [-0.05, 0) is 35.4 Å². The Hall–Kier alpha value is -2.68. The van der Waals surface area contributed by atoms with Crippen molar-refractivity contribution in [3.63, 3.8) is 0 Å². The first kappa shape index (κ1) is 13.3. The van der Waals surface area contributed by atoms with E-state index < -0.39 is 0 Å². The Morgan fingerprint density at radius 3 is 2.33 bits per heavy atom. The predicted molar refractivity (Wildman–Crippen MR) is 81.6 cm³/mol. The second kappa shape index (κ2) is 5.75. The van der Waals surface area contributed by atoms with Gasteiger partial charge in [-0.3, -0.25) is 4.98 Å². The number of hydrogen-bond donors (Lipinski definition) is 0. The molecule has 0 aliphatic carbocycles. The normalized spacial score (nSPS) is 10.4. The van der Waals surface area contributed by atoms with Gasteiger partial charge in [0.15, 0.2) is 11.6 Å². The molecule has 2 aromatic carbocycles. The Balaban J connectivity index is 2.02. The topological polar surface area (TPSA) is 22.1 Å². The fourth-order valence-electron chi connectivity index (χ4n) is 2.22. The highest BCUT2D eigenvalue weighted by Crippen LogP contribution is 2.27. The lowest BCUT2D eigenvalue weighted by Gasteiger charge is -2.07. The van der Waals surface area contributed by atoms with E-state index in [1.54, 1.807) is 12.3 Å². The third kappa shape index (κ3) is 2.77. The molecule has 3 rings (SSSR count). The van der Waals surface area contributed by atoms with Crippen molar-refractivity contribution in [1.29, 1.82) is 0 Å². The lowest BCUT2D eigenvalue weighted by Crippen LogP contribution is -1.89. The van der Waals surface area contributed by atoms with Crippen LogP contribution >= 0.6 is 0 Å². The quantitative estimate of drug-likeness (QED) is 0.701. The van der Waals surface area contributed by atoms with Gasteiger partial charge < -0.3 is 4.74 Å². The van der Waals surface area contributed by atoms with Crippen LogP contribution in [0.15, 0.2) is 66.9 Å². The minimum Gasteiger partial charge on any atom is -0.494 e. The summed E-state index contributed by atoms with van der Waals surface area (Å²) in [4.78, 5) is 4.37. The summed E-state index contributed by atoms with van der Waals surface area (Å²) in [5, 5.41) is 0. The Bertz CT molecular complexity index is 756. The summed E-state index contributed by atoms with van der Waals surface area (Å²) in [7, 11) is 1.46. The van der Waals surface area contributed by atoms with E-state index in [1.165, 1.54) is 13.2 Å². The van der Waals surface area contributed by atoms with Crippen LogP contribution < -0.4 is 4.74 Å². The van der Waals surface area contributed by atoms with Crippen LogP contribution in [-0.4, -0.2) is 12.1 Å². The average Bonchev–Trinajstić information content (AvgIpc) is 2.56. The molecule has 0 aliphatic heterocycles. The van der Waals surface area contributed by atoms with E-state index in [9.17, 15) is 4.39 Å². The van der Waals surface area contributed by atoms with Crippen LogP contribution in [0.5, 0.6) is 5.75 Å². The van der Waals surface area contributed by atoms with Crippen molar-refractivity contribution in [3.8, 4) is 28.1 Å².